The van der Waals surface area contributed by atoms with Crippen LogP contribution in [0.25, 0.3) is 0 Å². The predicted molar refractivity (Wildman–Crippen MR) is 80.1 cm³/mol. The van der Waals surface area contributed by atoms with Gasteiger partial charge in [0.2, 0.25) is 0 Å². The number of fused-ring (bicyclic) bond motifs is 1. The topological polar surface area (TPSA) is 56.0 Å². The highest BCUT2D eigenvalue weighted by molar-refractivity contribution is 6.33. The standard InChI is InChI=1S/C16H15ClN2O/c17-13-9-11(6-7-14(13)18)16(20)12-5-1-3-10-4-2-8-19-15(10)12/h2,4,6-9,12H,1,3,5,18H2. The fourth-order valence-electron chi connectivity index (χ4n) is 2.75. The monoisotopic (exact) mass is 286 g/mol. The van der Waals surface area contributed by atoms with Crippen molar-refractivity contribution in [2.75, 3.05) is 5.73 Å². The van der Waals surface area contributed by atoms with Crippen LogP contribution in [0.3, 0.4) is 0 Å². The molecule has 1 aromatic carbocycles. The first kappa shape index (κ1) is 13.1. The highest BCUT2D eigenvalue weighted by Crippen LogP contribution is 2.33. The number of anilines is 1. The van der Waals surface area contributed by atoms with E-state index in [1.807, 2.05) is 6.07 Å². The summed E-state index contributed by atoms with van der Waals surface area (Å²) in [5, 5.41) is 0.424. The zero-order valence-corrected chi connectivity index (χ0v) is 11.7. The van der Waals surface area contributed by atoms with Gasteiger partial charge in [-0.05, 0) is 49.1 Å². The molecule has 0 fully saturated rings. The van der Waals surface area contributed by atoms with Gasteiger partial charge in [-0.15, -0.1) is 0 Å². The van der Waals surface area contributed by atoms with Crippen LogP contribution in [-0.4, -0.2) is 10.8 Å². The molecule has 1 atom stereocenters. The summed E-state index contributed by atoms with van der Waals surface area (Å²) in [6.45, 7) is 0. The van der Waals surface area contributed by atoms with E-state index in [9.17, 15) is 4.79 Å². The van der Waals surface area contributed by atoms with E-state index < -0.39 is 0 Å². The normalized spacial score (nSPS) is 17.6. The molecule has 3 nitrogen and oxygen atoms in total. The second kappa shape index (κ2) is 5.25. The predicted octanol–water partition coefficient (Wildman–Crippen LogP) is 3.62. The molecule has 0 amide bonds. The number of carbonyl (C=O) groups excluding carboxylic acids is 1. The number of carbonyl (C=O) groups is 1. The Morgan fingerprint density at radius 1 is 1.35 bits per heavy atom. The molecule has 0 saturated heterocycles. The van der Waals surface area contributed by atoms with Crippen molar-refractivity contribution in [1.29, 1.82) is 0 Å². The minimum absolute atomic E-state index is 0.0755. The molecule has 2 aromatic rings. The molecule has 1 heterocycles. The number of nitrogens with zero attached hydrogens (tertiary/aromatic N) is 1. The Bertz CT molecular complexity index is 669. The second-order valence-electron chi connectivity index (χ2n) is 5.09. The zero-order chi connectivity index (χ0) is 14.1. The molecule has 0 spiro atoms. The highest BCUT2D eigenvalue weighted by atomic mass is 35.5. The first-order valence-corrected chi connectivity index (χ1v) is 7.07. The number of aryl methyl sites for hydroxylation is 1. The van der Waals surface area contributed by atoms with Gasteiger partial charge in [-0.2, -0.15) is 0 Å². The lowest BCUT2D eigenvalue weighted by Gasteiger charge is -2.23. The number of rotatable bonds is 2. The van der Waals surface area contributed by atoms with Crippen molar-refractivity contribution in [3.63, 3.8) is 0 Å². The van der Waals surface area contributed by atoms with Crippen LogP contribution in [0.15, 0.2) is 36.5 Å². The maximum absolute atomic E-state index is 12.7. The number of ketones is 1. The quantitative estimate of drug-likeness (QED) is 0.677. The van der Waals surface area contributed by atoms with Crippen LogP contribution in [0.2, 0.25) is 5.02 Å². The molecule has 0 aliphatic heterocycles. The largest absolute Gasteiger partial charge is 0.398 e. The SMILES string of the molecule is Nc1ccc(C(=O)C2CCCc3cccnc32)cc1Cl. The molecule has 0 saturated carbocycles. The number of halogens is 1. The third kappa shape index (κ3) is 2.29. The summed E-state index contributed by atoms with van der Waals surface area (Å²) in [7, 11) is 0. The average molecular weight is 287 g/mol. The Morgan fingerprint density at radius 2 is 2.20 bits per heavy atom. The van der Waals surface area contributed by atoms with Crippen LogP contribution in [0.1, 0.15) is 40.4 Å². The fourth-order valence-corrected chi connectivity index (χ4v) is 2.93. The number of nitrogens with two attached hydrogens (primary N) is 1. The third-order valence-electron chi connectivity index (χ3n) is 3.80. The smallest absolute Gasteiger partial charge is 0.171 e. The summed E-state index contributed by atoms with van der Waals surface area (Å²) in [6.07, 6.45) is 4.60. The lowest BCUT2D eigenvalue weighted by atomic mass is 9.82. The van der Waals surface area contributed by atoms with Crippen molar-refractivity contribution in [3.8, 4) is 0 Å². The van der Waals surface area contributed by atoms with Crippen LogP contribution in [-0.2, 0) is 6.42 Å². The van der Waals surface area contributed by atoms with E-state index in [4.69, 9.17) is 17.3 Å². The summed E-state index contributed by atoms with van der Waals surface area (Å²) < 4.78 is 0. The van der Waals surface area contributed by atoms with Gasteiger partial charge >= 0.3 is 0 Å². The van der Waals surface area contributed by atoms with Gasteiger partial charge in [0, 0.05) is 11.8 Å². The molecule has 1 aromatic heterocycles. The molecule has 102 valence electrons. The van der Waals surface area contributed by atoms with Crippen LogP contribution in [0.4, 0.5) is 5.69 Å². The Morgan fingerprint density at radius 3 is 3.00 bits per heavy atom. The molecule has 0 radical (unpaired) electrons. The van der Waals surface area contributed by atoms with E-state index in [0.717, 1.165) is 25.0 Å². The minimum Gasteiger partial charge on any atom is -0.398 e. The third-order valence-corrected chi connectivity index (χ3v) is 4.12. The fraction of sp³-hybridized carbons (Fsp3) is 0.250. The Hall–Kier alpha value is -1.87. The van der Waals surface area contributed by atoms with E-state index in [0.29, 0.717) is 16.3 Å². The van der Waals surface area contributed by atoms with Crippen molar-refractivity contribution in [2.45, 2.75) is 25.2 Å². The first-order valence-electron chi connectivity index (χ1n) is 6.70. The lowest BCUT2D eigenvalue weighted by molar-refractivity contribution is 0.0949. The molecule has 0 bridgehead atoms. The Balaban J connectivity index is 1.97. The van der Waals surface area contributed by atoms with Crippen molar-refractivity contribution < 1.29 is 4.79 Å². The van der Waals surface area contributed by atoms with E-state index in [1.54, 1.807) is 24.4 Å². The van der Waals surface area contributed by atoms with Crippen molar-refractivity contribution in [3.05, 3.63) is 58.4 Å². The van der Waals surface area contributed by atoms with E-state index in [-0.39, 0.29) is 11.7 Å². The van der Waals surface area contributed by atoms with Gasteiger partial charge < -0.3 is 5.73 Å². The summed E-state index contributed by atoms with van der Waals surface area (Å²) in [5.74, 6) is -0.0915. The van der Waals surface area contributed by atoms with Gasteiger partial charge in [0.15, 0.2) is 5.78 Å². The molecule has 2 N–H and O–H groups in total. The van der Waals surface area contributed by atoms with Crippen LogP contribution in [0, 0.1) is 0 Å². The highest BCUT2D eigenvalue weighted by Gasteiger charge is 2.28. The molecule has 1 aliphatic carbocycles. The Labute approximate surface area is 122 Å². The molecular weight excluding hydrogens is 272 g/mol. The van der Waals surface area contributed by atoms with Gasteiger partial charge in [-0.3, -0.25) is 9.78 Å². The first-order chi connectivity index (χ1) is 9.66. The molecule has 20 heavy (non-hydrogen) atoms. The van der Waals surface area contributed by atoms with Gasteiger partial charge in [0.05, 0.1) is 22.3 Å². The van der Waals surface area contributed by atoms with E-state index >= 15 is 0 Å². The van der Waals surface area contributed by atoms with Crippen LogP contribution in [0.5, 0.6) is 0 Å². The molecule has 3 rings (SSSR count). The van der Waals surface area contributed by atoms with Crippen LogP contribution < -0.4 is 5.73 Å². The number of aromatic nitrogens is 1. The molecular formula is C16H15ClN2O. The molecule has 4 heteroatoms. The summed E-state index contributed by atoms with van der Waals surface area (Å²) in [6, 6.07) is 9.04. The van der Waals surface area contributed by atoms with Gasteiger partial charge in [0.25, 0.3) is 0 Å². The number of hydrogen-bond acceptors (Lipinski definition) is 3. The van der Waals surface area contributed by atoms with Crippen LogP contribution >= 0.6 is 11.6 Å². The minimum atomic E-state index is -0.167. The van der Waals surface area contributed by atoms with Crippen molar-refractivity contribution in [2.24, 2.45) is 0 Å². The maximum atomic E-state index is 12.7. The van der Waals surface area contributed by atoms with Gasteiger partial charge in [-0.1, -0.05) is 17.7 Å². The summed E-state index contributed by atoms with van der Waals surface area (Å²) in [4.78, 5) is 17.1. The lowest BCUT2D eigenvalue weighted by Crippen LogP contribution is -2.20. The summed E-state index contributed by atoms with van der Waals surface area (Å²) >= 11 is 6.00. The number of nitrogen functional groups attached to an aromatic ring is 1. The number of benzene rings is 1. The second-order valence-corrected chi connectivity index (χ2v) is 5.50. The Kier molecular flexibility index (Phi) is 3.45. The molecule has 1 aliphatic rings. The number of hydrogen-bond donors (Lipinski definition) is 1. The summed E-state index contributed by atoms with van der Waals surface area (Å²) in [5.41, 5.74) is 8.88. The van der Waals surface area contributed by atoms with Gasteiger partial charge in [-0.25, -0.2) is 0 Å². The van der Waals surface area contributed by atoms with Crippen molar-refractivity contribution in [1.82, 2.24) is 4.98 Å². The number of Topliss-reactive ketones (excluding diaryl/α,β-unsaturated/α-hetero) is 1. The number of pyridine rings is 1. The van der Waals surface area contributed by atoms with Gasteiger partial charge in [0.1, 0.15) is 0 Å². The molecule has 1 unspecified atom stereocenters. The van der Waals surface area contributed by atoms with Crippen molar-refractivity contribution >= 4 is 23.1 Å². The zero-order valence-electron chi connectivity index (χ0n) is 11.0. The van der Waals surface area contributed by atoms with E-state index in [2.05, 4.69) is 11.1 Å². The average Bonchev–Trinajstić information content (AvgIpc) is 2.49. The maximum Gasteiger partial charge on any atom is 0.171 e. The van der Waals surface area contributed by atoms with E-state index in [1.165, 1.54) is 5.56 Å².